The van der Waals surface area contributed by atoms with Crippen molar-refractivity contribution in [3.63, 3.8) is 0 Å². The summed E-state index contributed by atoms with van der Waals surface area (Å²) in [7, 11) is -3.74. The number of hydrogen-bond acceptors (Lipinski definition) is 3. The minimum atomic E-state index is -3.74. The van der Waals surface area contributed by atoms with Gasteiger partial charge in [0.1, 0.15) is 0 Å². The van der Waals surface area contributed by atoms with Crippen molar-refractivity contribution in [1.82, 2.24) is 8.87 Å². The second-order valence-corrected chi connectivity index (χ2v) is 10.7. The van der Waals surface area contributed by atoms with Gasteiger partial charge in [0, 0.05) is 17.0 Å². The minimum absolute atomic E-state index is 0.0262. The molecule has 4 aromatic rings. The Labute approximate surface area is 194 Å². The SMILES string of the molecule is Cc1ccc(S(=O)(=O)n2c(C3CCCN3Cc3ccc(Cl)cc3)cc3ccccc32)cc1. The number of benzene rings is 3. The highest BCUT2D eigenvalue weighted by molar-refractivity contribution is 7.90. The Morgan fingerprint density at radius 1 is 0.969 bits per heavy atom. The first-order valence-electron chi connectivity index (χ1n) is 10.8. The van der Waals surface area contributed by atoms with E-state index in [-0.39, 0.29) is 6.04 Å². The van der Waals surface area contributed by atoms with E-state index >= 15 is 0 Å². The molecular weight excluding hydrogens is 440 g/mol. The molecule has 0 amide bonds. The van der Waals surface area contributed by atoms with Crippen LogP contribution in [0.25, 0.3) is 10.9 Å². The van der Waals surface area contributed by atoms with Crippen LogP contribution in [0.5, 0.6) is 0 Å². The number of halogens is 1. The summed E-state index contributed by atoms with van der Waals surface area (Å²) in [6.45, 7) is 3.65. The molecule has 0 spiro atoms. The maximum atomic E-state index is 13.8. The van der Waals surface area contributed by atoms with Gasteiger partial charge in [-0.15, -0.1) is 0 Å². The first-order valence-corrected chi connectivity index (χ1v) is 12.7. The molecule has 32 heavy (non-hydrogen) atoms. The van der Waals surface area contributed by atoms with E-state index in [1.165, 1.54) is 5.56 Å². The molecule has 1 unspecified atom stereocenters. The summed E-state index contributed by atoms with van der Waals surface area (Å²) in [5.41, 5.74) is 3.76. The van der Waals surface area contributed by atoms with Crippen LogP contribution in [0.4, 0.5) is 0 Å². The maximum absolute atomic E-state index is 13.8. The van der Waals surface area contributed by atoms with E-state index in [2.05, 4.69) is 4.90 Å². The third kappa shape index (κ3) is 3.85. The summed E-state index contributed by atoms with van der Waals surface area (Å²) >= 11 is 6.05. The number of nitrogens with zero attached hydrogens (tertiary/aromatic N) is 2. The van der Waals surface area contributed by atoms with E-state index in [1.807, 2.05) is 73.7 Å². The summed E-state index contributed by atoms with van der Waals surface area (Å²) in [4.78, 5) is 2.69. The van der Waals surface area contributed by atoms with Crippen LogP contribution >= 0.6 is 11.6 Å². The molecule has 1 aliphatic heterocycles. The van der Waals surface area contributed by atoms with Gasteiger partial charge in [0.2, 0.25) is 0 Å². The Morgan fingerprint density at radius 2 is 1.69 bits per heavy atom. The van der Waals surface area contributed by atoms with E-state index < -0.39 is 10.0 Å². The lowest BCUT2D eigenvalue weighted by Crippen LogP contribution is -2.26. The zero-order valence-corrected chi connectivity index (χ0v) is 19.5. The lowest BCUT2D eigenvalue weighted by atomic mass is 10.1. The van der Waals surface area contributed by atoms with Crippen molar-refractivity contribution in [2.75, 3.05) is 6.54 Å². The van der Waals surface area contributed by atoms with E-state index in [1.54, 1.807) is 16.1 Å². The van der Waals surface area contributed by atoms with Crippen LogP contribution in [0, 0.1) is 6.92 Å². The Balaban J connectivity index is 1.61. The molecule has 3 aromatic carbocycles. The standard InChI is InChI=1S/C26H25ClN2O2S/c1-19-8-14-23(15-9-19)32(30,31)29-24-6-3-2-5-21(24)17-26(29)25-7-4-16-28(25)18-20-10-12-22(27)13-11-20/h2-3,5-6,8-15,17,25H,4,7,16,18H2,1H3. The summed E-state index contributed by atoms with van der Waals surface area (Å²) in [6, 6.07) is 24.8. The van der Waals surface area contributed by atoms with Crippen molar-refractivity contribution in [3.8, 4) is 0 Å². The van der Waals surface area contributed by atoms with Gasteiger partial charge in [-0.3, -0.25) is 4.90 Å². The highest BCUT2D eigenvalue weighted by Gasteiger charge is 2.33. The van der Waals surface area contributed by atoms with Crippen LogP contribution in [-0.2, 0) is 16.6 Å². The molecule has 0 aliphatic carbocycles. The Kier molecular flexibility index (Phi) is 5.58. The zero-order chi connectivity index (χ0) is 22.3. The molecule has 0 radical (unpaired) electrons. The fourth-order valence-electron chi connectivity index (χ4n) is 4.64. The minimum Gasteiger partial charge on any atom is -0.291 e. The van der Waals surface area contributed by atoms with Gasteiger partial charge in [-0.05, 0) is 68.3 Å². The predicted molar refractivity (Wildman–Crippen MR) is 130 cm³/mol. The summed E-state index contributed by atoms with van der Waals surface area (Å²) < 4.78 is 29.2. The van der Waals surface area contributed by atoms with Crippen LogP contribution < -0.4 is 0 Å². The smallest absolute Gasteiger partial charge is 0.268 e. The molecule has 164 valence electrons. The maximum Gasteiger partial charge on any atom is 0.268 e. The van der Waals surface area contributed by atoms with Crippen LogP contribution in [0.15, 0.2) is 83.8 Å². The van der Waals surface area contributed by atoms with Crippen molar-refractivity contribution in [1.29, 1.82) is 0 Å². The monoisotopic (exact) mass is 464 g/mol. The quantitative estimate of drug-likeness (QED) is 0.354. The van der Waals surface area contributed by atoms with Gasteiger partial charge in [-0.2, -0.15) is 0 Å². The van der Waals surface area contributed by atoms with Gasteiger partial charge in [-0.25, -0.2) is 12.4 Å². The van der Waals surface area contributed by atoms with Gasteiger partial charge in [0.15, 0.2) is 0 Å². The second kappa shape index (κ2) is 8.39. The molecule has 2 heterocycles. The fraction of sp³-hybridized carbons (Fsp3) is 0.231. The van der Waals surface area contributed by atoms with Crippen molar-refractivity contribution >= 4 is 32.5 Å². The molecule has 6 heteroatoms. The van der Waals surface area contributed by atoms with E-state index in [0.29, 0.717) is 4.90 Å². The van der Waals surface area contributed by atoms with Crippen molar-refractivity contribution in [3.05, 3.63) is 101 Å². The summed E-state index contributed by atoms with van der Waals surface area (Å²) in [5, 5.41) is 1.66. The summed E-state index contributed by atoms with van der Waals surface area (Å²) in [6.07, 6.45) is 1.96. The molecular formula is C26H25ClN2O2S. The predicted octanol–water partition coefficient (Wildman–Crippen LogP) is 6.18. The lowest BCUT2D eigenvalue weighted by molar-refractivity contribution is 0.244. The van der Waals surface area contributed by atoms with Crippen molar-refractivity contribution in [2.24, 2.45) is 0 Å². The third-order valence-electron chi connectivity index (χ3n) is 6.26. The molecule has 0 N–H and O–H groups in total. The van der Waals surface area contributed by atoms with Gasteiger partial charge < -0.3 is 0 Å². The van der Waals surface area contributed by atoms with Crippen LogP contribution in [-0.4, -0.2) is 23.8 Å². The number of aromatic nitrogens is 1. The van der Waals surface area contributed by atoms with E-state index in [4.69, 9.17) is 11.6 Å². The average molecular weight is 465 g/mol. The van der Waals surface area contributed by atoms with Gasteiger partial charge in [-0.1, -0.05) is 59.6 Å². The molecule has 4 nitrogen and oxygen atoms in total. The van der Waals surface area contributed by atoms with Crippen LogP contribution in [0.3, 0.4) is 0 Å². The Bertz CT molecular complexity index is 1360. The largest absolute Gasteiger partial charge is 0.291 e. The van der Waals surface area contributed by atoms with E-state index in [0.717, 1.165) is 53.1 Å². The number of aryl methyl sites for hydroxylation is 1. The summed E-state index contributed by atoms with van der Waals surface area (Å²) in [5.74, 6) is 0. The first kappa shape index (κ1) is 21.3. The zero-order valence-electron chi connectivity index (χ0n) is 17.9. The highest BCUT2D eigenvalue weighted by Crippen LogP contribution is 2.38. The number of likely N-dealkylation sites (tertiary alicyclic amines) is 1. The second-order valence-electron chi connectivity index (χ2n) is 8.47. The number of rotatable bonds is 5. The van der Waals surface area contributed by atoms with Crippen LogP contribution in [0.2, 0.25) is 5.02 Å². The van der Waals surface area contributed by atoms with Crippen molar-refractivity contribution in [2.45, 2.75) is 37.2 Å². The molecule has 1 aromatic heterocycles. The normalized spacial score (nSPS) is 17.2. The average Bonchev–Trinajstić information content (AvgIpc) is 3.40. The molecule has 1 aliphatic rings. The highest BCUT2D eigenvalue weighted by atomic mass is 35.5. The molecule has 1 saturated heterocycles. The lowest BCUT2D eigenvalue weighted by Gasteiger charge is -2.26. The van der Waals surface area contributed by atoms with Gasteiger partial charge in [0.25, 0.3) is 10.0 Å². The first-order chi connectivity index (χ1) is 15.4. The molecule has 1 atom stereocenters. The molecule has 1 fully saturated rings. The van der Waals surface area contributed by atoms with Crippen LogP contribution in [0.1, 0.15) is 35.7 Å². The number of para-hydroxylation sites is 1. The van der Waals surface area contributed by atoms with Crippen molar-refractivity contribution < 1.29 is 8.42 Å². The molecule has 5 rings (SSSR count). The fourth-order valence-corrected chi connectivity index (χ4v) is 6.34. The number of hydrogen-bond donors (Lipinski definition) is 0. The topological polar surface area (TPSA) is 42.3 Å². The Morgan fingerprint density at radius 3 is 2.44 bits per heavy atom. The third-order valence-corrected chi connectivity index (χ3v) is 8.26. The Hall–Kier alpha value is -2.60. The van der Waals surface area contributed by atoms with E-state index in [9.17, 15) is 8.42 Å². The van der Waals surface area contributed by atoms with Gasteiger partial charge >= 0.3 is 0 Å². The van der Waals surface area contributed by atoms with Gasteiger partial charge in [0.05, 0.1) is 22.1 Å². The molecule has 0 bridgehead atoms. The molecule has 0 saturated carbocycles. The number of fused-ring (bicyclic) bond motifs is 1.